The Kier molecular flexibility index (Phi) is 4.61. The minimum absolute atomic E-state index is 0.211. The topological polar surface area (TPSA) is 26.3 Å². The van der Waals surface area contributed by atoms with E-state index in [1.54, 1.807) is 0 Å². The van der Waals surface area contributed by atoms with E-state index in [1.165, 1.54) is 19.3 Å². The number of ketones is 1. The fourth-order valence-corrected chi connectivity index (χ4v) is 3.53. The van der Waals surface area contributed by atoms with Crippen LogP contribution in [0.15, 0.2) is 0 Å². The van der Waals surface area contributed by atoms with E-state index in [1.807, 2.05) is 0 Å². The largest absolute Gasteiger partial charge is 0.377 e. The summed E-state index contributed by atoms with van der Waals surface area (Å²) in [6.07, 6.45) is 8.23. The summed E-state index contributed by atoms with van der Waals surface area (Å²) >= 11 is 0. The molecule has 0 N–H and O–H groups in total. The summed E-state index contributed by atoms with van der Waals surface area (Å²) < 4.78 is 5.65. The third-order valence-electron chi connectivity index (χ3n) is 4.80. The first-order valence-corrected chi connectivity index (χ1v) is 7.41. The van der Waals surface area contributed by atoms with Gasteiger partial charge in [-0.1, -0.05) is 20.3 Å². The molecule has 0 spiro atoms. The van der Waals surface area contributed by atoms with Crippen LogP contribution in [0.3, 0.4) is 0 Å². The first-order chi connectivity index (χ1) is 8.26. The van der Waals surface area contributed by atoms with Gasteiger partial charge in [-0.15, -0.1) is 0 Å². The van der Waals surface area contributed by atoms with E-state index >= 15 is 0 Å². The van der Waals surface area contributed by atoms with Crippen molar-refractivity contribution in [2.45, 2.75) is 64.9 Å². The summed E-state index contributed by atoms with van der Waals surface area (Å²) in [6.45, 7) is 5.19. The Hall–Kier alpha value is -0.370. The highest BCUT2D eigenvalue weighted by Gasteiger charge is 2.37. The zero-order valence-electron chi connectivity index (χ0n) is 11.3. The number of carbonyl (C=O) groups excluding carboxylic acids is 1. The molecule has 2 rings (SSSR count). The predicted octanol–water partition coefficient (Wildman–Crippen LogP) is 3.59. The van der Waals surface area contributed by atoms with Crippen molar-refractivity contribution in [3.63, 3.8) is 0 Å². The van der Waals surface area contributed by atoms with Crippen molar-refractivity contribution in [2.75, 3.05) is 6.61 Å². The van der Waals surface area contributed by atoms with Gasteiger partial charge in [-0.25, -0.2) is 0 Å². The average Bonchev–Trinajstić information content (AvgIpc) is 2.86. The number of Topliss-reactive ketones (excluding diaryl/α,β-unsaturated/α-hetero) is 1. The van der Waals surface area contributed by atoms with E-state index < -0.39 is 0 Å². The van der Waals surface area contributed by atoms with Gasteiger partial charge in [0.25, 0.3) is 0 Å². The van der Waals surface area contributed by atoms with E-state index in [0.29, 0.717) is 11.7 Å². The van der Waals surface area contributed by atoms with Crippen LogP contribution in [0.4, 0.5) is 0 Å². The third kappa shape index (κ3) is 2.90. The molecule has 2 fully saturated rings. The van der Waals surface area contributed by atoms with Crippen molar-refractivity contribution >= 4 is 5.78 Å². The van der Waals surface area contributed by atoms with Gasteiger partial charge in [0, 0.05) is 18.4 Å². The van der Waals surface area contributed by atoms with Crippen LogP contribution in [0.5, 0.6) is 0 Å². The molecule has 1 aliphatic carbocycles. The van der Waals surface area contributed by atoms with Crippen LogP contribution in [0.2, 0.25) is 0 Å². The van der Waals surface area contributed by atoms with Crippen molar-refractivity contribution in [3.05, 3.63) is 0 Å². The highest BCUT2D eigenvalue weighted by atomic mass is 16.5. The van der Waals surface area contributed by atoms with Crippen LogP contribution in [0, 0.1) is 17.8 Å². The molecule has 2 aliphatic rings. The fraction of sp³-hybridized carbons (Fsp3) is 0.933. The molecule has 2 atom stereocenters. The van der Waals surface area contributed by atoms with Crippen molar-refractivity contribution < 1.29 is 9.53 Å². The highest BCUT2D eigenvalue weighted by Crippen LogP contribution is 2.35. The Balaban J connectivity index is 1.88. The molecule has 1 saturated heterocycles. The lowest BCUT2D eigenvalue weighted by Crippen LogP contribution is -2.31. The van der Waals surface area contributed by atoms with E-state index in [4.69, 9.17) is 4.74 Å². The third-order valence-corrected chi connectivity index (χ3v) is 4.80. The lowest BCUT2D eigenvalue weighted by Gasteiger charge is -2.29. The minimum Gasteiger partial charge on any atom is -0.377 e. The second-order valence-corrected chi connectivity index (χ2v) is 5.74. The second kappa shape index (κ2) is 5.99. The van der Waals surface area contributed by atoms with Gasteiger partial charge in [-0.3, -0.25) is 4.79 Å². The van der Waals surface area contributed by atoms with Gasteiger partial charge in [0.2, 0.25) is 0 Å². The quantitative estimate of drug-likeness (QED) is 0.748. The van der Waals surface area contributed by atoms with Gasteiger partial charge in [0.1, 0.15) is 5.78 Å². The number of hydrogen-bond donors (Lipinski definition) is 0. The summed E-state index contributed by atoms with van der Waals surface area (Å²) in [5, 5.41) is 0. The molecule has 1 aliphatic heterocycles. The molecule has 1 heterocycles. The summed E-state index contributed by atoms with van der Waals surface area (Å²) in [6, 6.07) is 0. The van der Waals surface area contributed by atoms with E-state index in [2.05, 4.69) is 13.8 Å². The van der Waals surface area contributed by atoms with Crippen molar-refractivity contribution in [3.8, 4) is 0 Å². The maximum Gasteiger partial charge on any atom is 0.141 e. The molecular weight excluding hydrogens is 212 g/mol. The molecule has 2 heteroatoms. The second-order valence-electron chi connectivity index (χ2n) is 5.74. The van der Waals surface area contributed by atoms with Crippen LogP contribution < -0.4 is 0 Å². The maximum absolute atomic E-state index is 12.5. The number of ether oxygens (including phenoxy) is 1. The highest BCUT2D eigenvalue weighted by molar-refractivity contribution is 5.84. The lowest BCUT2D eigenvalue weighted by molar-refractivity contribution is -0.129. The van der Waals surface area contributed by atoms with E-state index in [9.17, 15) is 4.79 Å². The SMILES string of the molecule is CCC1CCC(C(=O)C2CCOC2CC)CC1. The van der Waals surface area contributed by atoms with Crippen molar-refractivity contribution in [2.24, 2.45) is 17.8 Å². The van der Waals surface area contributed by atoms with Gasteiger partial charge in [-0.2, -0.15) is 0 Å². The molecule has 0 radical (unpaired) electrons. The van der Waals surface area contributed by atoms with Crippen LogP contribution in [0.25, 0.3) is 0 Å². The van der Waals surface area contributed by atoms with Gasteiger partial charge >= 0.3 is 0 Å². The first-order valence-electron chi connectivity index (χ1n) is 7.41. The Morgan fingerprint density at radius 2 is 1.76 bits per heavy atom. The monoisotopic (exact) mass is 238 g/mol. The summed E-state index contributed by atoms with van der Waals surface area (Å²) in [5.41, 5.74) is 0. The zero-order chi connectivity index (χ0) is 12.3. The molecule has 0 aromatic heterocycles. The Bertz CT molecular complexity index is 254. The molecular formula is C15H26O2. The lowest BCUT2D eigenvalue weighted by atomic mass is 9.75. The van der Waals surface area contributed by atoms with Crippen LogP contribution >= 0.6 is 0 Å². The van der Waals surface area contributed by atoms with E-state index in [0.717, 1.165) is 38.2 Å². The standard InChI is InChI=1S/C15H26O2/c1-3-11-5-7-12(8-6-11)15(16)13-9-10-17-14(13)4-2/h11-14H,3-10H2,1-2H3. The van der Waals surface area contributed by atoms with Crippen LogP contribution in [0.1, 0.15) is 58.8 Å². The molecule has 1 saturated carbocycles. The molecule has 0 aromatic carbocycles. The Labute approximate surface area is 105 Å². The first kappa shape index (κ1) is 13.1. The average molecular weight is 238 g/mol. The normalized spacial score (nSPS) is 38.2. The summed E-state index contributed by atoms with van der Waals surface area (Å²) in [5.74, 6) is 1.95. The van der Waals surface area contributed by atoms with Crippen LogP contribution in [-0.4, -0.2) is 18.5 Å². The maximum atomic E-state index is 12.5. The van der Waals surface area contributed by atoms with Gasteiger partial charge in [-0.05, 0) is 44.4 Å². The molecule has 2 nitrogen and oxygen atoms in total. The van der Waals surface area contributed by atoms with Gasteiger partial charge in [0.05, 0.1) is 6.10 Å². The Morgan fingerprint density at radius 1 is 1.06 bits per heavy atom. The number of carbonyl (C=O) groups is 1. The number of rotatable bonds is 4. The molecule has 0 bridgehead atoms. The number of hydrogen-bond acceptors (Lipinski definition) is 2. The summed E-state index contributed by atoms with van der Waals surface area (Å²) in [7, 11) is 0. The molecule has 2 unspecified atom stereocenters. The summed E-state index contributed by atoms with van der Waals surface area (Å²) in [4.78, 5) is 12.5. The van der Waals surface area contributed by atoms with Crippen LogP contribution in [-0.2, 0) is 9.53 Å². The molecule has 98 valence electrons. The minimum atomic E-state index is 0.211. The predicted molar refractivity (Wildman–Crippen MR) is 68.9 cm³/mol. The Morgan fingerprint density at radius 3 is 2.35 bits per heavy atom. The van der Waals surface area contributed by atoms with Crippen molar-refractivity contribution in [1.29, 1.82) is 0 Å². The molecule has 17 heavy (non-hydrogen) atoms. The zero-order valence-corrected chi connectivity index (χ0v) is 11.3. The van der Waals surface area contributed by atoms with E-state index in [-0.39, 0.29) is 12.0 Å². The molecule has 0 amide bonds. The van der Waals surface area contributed by atoms with Crippen molar-refractivity contribution in [1.82, 2.24) is 0 Å². The van der Waals surface area contributed by atoms with Gasteiger partial charge in [0.15, 0.2) is 0 Å². The molecule has 0 aromatic rings. The smallest absolute Gasteiger partial charge is 0.141 e. The van der Waals surface area contributed by atoms with Gasteiger partial charge < -0.3 is 4.74 Å². The fourth-order valence-electron chi connectivity index (χ4n) is 3.53.